The highest BCUT2D eigenvalue weighted by molar-refractivity contribution is 6.31. The molecule has 0 spiro atoms. The van der Waals surface area contributed by atoms with Gasteiger partial charge in [0, 0.05) is 23.5 Å². The second-order valence-corrected chi connectivity index (χ2v) is 6.90. The van der Waals surface area contributed by atoms with Crippen LogP contribution in [-0.4, -0.2) is 16.0 Å². The Kier molecular flexibility index (Phi) is 3.60. The molecule has 5 rings (SSSR count). The maximum Gasteiger partial charge on any atom is 0.296 e. The number of halogens is 1. The molecular weight excluding hydrogens is 382 g/mol. The number of aromatic nitrogens is 2. The fraction of sp³-hybridized carbons (Fsp3) is 0.100. The molecule has 4 heterocycles. The molecule has 0 aliphatic carbocycles. The molecule has 0 N–H and O–H groups in total. The van der Waals surface area contributed by atoms with E-state index < -0.39 is 11.9 Å². The Labute approximate surface area is 163 Å². The van der Waals surface area contributed by atoms with Gasteiger partial charge in [-0.3, -0.25) is 19.5 Å². The average molecular weight is 394 g/mol. The molecule has 28 heavy (non-hydrogen) atoms. The van der Waals surface area contributed by atoms with Crippen molar-refractivity contribution in [2.24, 2.45) is 0 Å². The second-order valence-electron chi connectivity index (χ2n) is 6.47. The summed E-state index contributed by atoms with van der Waals surface area (Å²) in [6.07, 6.45) is 3.20. The van der Waals surface area contributed by atoms with Gasteiger partial charge in [-0.1, -0.05) is 16.8 Å². The summed E-state index contributed by atoms with van der Waals surface area (Å²) >= 11 is 6.06. The third-order valence-electron chi connectivity index (χ3n) is 4.72. The van der Waals surface area contributed by atoms with Gasteiger partial charge in [0.25, 0.3) is 5.91 Å². The van der Waals surface area contributed by atoms with E-state index in [0.717, 1.165) is 0 Å². The molecule has 0 fully saturated rings. The van der Waals surface area contributed by atoms with Gasteiger partial charge in [0.1, 0.15) is 11.3 Å². The van der Waals surface area contributed by atoms with Crippen LogP contribution in [0.3, 0.4) is 0 Å². The summed E-state index contributed by atoms with van der Waals surface area (Å²) in [6.45, 7) is 1.73. The number of pyridine rings is 1. The third kappa shape index (κ3) is 2.36. The van der Waals surface area contributed by atoms with Gasteiger partial charge in [0.05, 0.1) is 17.0 Å². The maximum atomic E-state index is 13.3. The highest BCUT2D eigenvalue weighted by Crippen LogP contribution is 2.40. The number of carbonyl (C=O) groups excluding carboxylic acids is 1. The number of aryl methyl sites for hydroxylation is 1. The lowest BCUT2D eigenvalue weighted by molar-refractivity contribution is 0.0969. The predicted octanol–water partition coefficient (Wildman–Crippen LogP) is 3.89. The van der Waals surface area contributed by atoms with Crippen LogP contribution in [0.5, 0.6) is 0 Å². The molecule has 3 aromatic heterocycles. The van der Waals surface area contributed by atoms with E-state index in [1.165, 1.54) is 4.90 Å². The predicted molar refractivity (Wildman–Crippen MR) is 102 cm³/mol. The molecule has 138 valence electrons. The van der Waals surface area contributed by atoms with Gasteiger partial charge in [0.2, 0.25) is 5.76 Å². The van der Waals surface area contributed by atoms with Crippen LogP contribution in [0, 0.1) is 6.92 Å². The Hall–Kier alpha value is -3.45. The minimum Gasteiger partial charge on any atom is -0.450 e. The van der Waals surface area contributed by atoms with Gasteiger partial charge in [-0.05, 0) is 42.8 Å². The molecule has 1 aliphatic heterocycles. The number of rotatable bonds is 2. The Balaban J connectivity index is 1.84. The van der Waals surface area contributed by atoms with Crippen LogP contribution < -0.4 is 10.3 Å². The molecule has 7 nitrogen and oxygen atoms in total. The van der Waals surface area contributed by atoms with Gasteiger partial charge < -0.3 is 8.94 Å². The van der Waals surface area contributed by atoms with Gasteiger partial charge in [-0.25, -0.2) is 0 Å². The van der Waals surface area contributed by atoms with Crippen LogP contribution in [0.4, 0.5) is 5.82 Å². The van der Waals surface area contributed by atoms with E-state index in [2.05, 4.69) is 10.1 Å². The summed E-state index contributed by atoms with van der Waals surface area (Å²) in [5.41, 5.74) is 0.938. The monoisotopic (exact) mass is 393 g/mol. The molecule has 0 bridgehead atoms. The lowest BCUT2D eigenvalue weighted by Crippen LogP contribution is -2.29. The van der Waals surface area contributed by atoms with Crippen molar-refractivity contribution in [2.75, 3.05) is 4.90 Å². The summed E-state index contributed by atoms with van der Waals surface area (Å²) in [4.78, 5) is 32.0. The van der Waals surface area contributed by atoms with Crippen LogP contribution >= 0.6 is 11.6 Å². The van der Waals surface area contributed by atoms with Gasteiger partial charge in [-0.2, -0.15) is 0 Å². The van der Waals surface area contributed by atoms with E-state index in [0.29, 0.717) is 33.1 Å². The molecule has 0 saturated carbocycles. The zero-order valence-corrected chi connectivity index (χ0v) is 15.3. The van der Waals surface area contributed by atoms with Crippen LogP contribution in [-0.2, 0) is 0 Å². The molecular formula is C20H12ClN3O4. The fourth-order valence-electron chi connectivity index (χ4n) is 3.51. The molecule has 0 unspecified atom stereocenters. The van der Waals surface area contributed by atoms with E-state index in [9.17, 15) is 9.59 Å². The first-order valence-electron chi connectivity index (χ1n) is 8.47. The van der Waals surface area contributed by atoms with E-state index in [1.54, 1.807) is 55.7 Å². The zero-order chi connectivity index (χ0) is 19.4. The van der Waals surface area contributed by atoms with Gasteiger partial charge >= 0.3 is 0 Å². The zero-order valence-electron chi connectivity index (χ0n) is 14.5. The topological polar surface area (TPSA) is 89.4 Å². The second kappa shape index (κ2) is 6.03. The first-order valence-corrected chi connectivity index (χ1v) is 8.85. The molecule has 0 radical (unpaired) electrons. The molecule has 1 aromatic carbocycles. The minimum atomic E-state index is -0.713. The van der Waals surface area contributed by atoms with Crippen molar-refractivity contribution in [1.29, 1.82) is 0 Å². The number of hydrogen-bond donors (Lipinski definition) is 0. The Morgan fingerprint density at radius 1 is 1.11 bits per heavy atom. The SMILES string of the molecule is Cc1cc(N2C(=O)c3oc4ccc(Cl)cc4c(=O)c3[C@@H]2c2ccncc2)no1. The number of fused-ring (bicyclic) bond motifs is 2. The van der Waals surface area contributed by atoms with Gasteiger partial charge in [-0.15, -0.1) is 0 Å². The van der Waals surface area contributed by atoms with Crippen molar-refractivity contribution in [3.05, 3.63) is 86.7 Å². The van der Waals surface area contributed by atoms with Crippen molar-refractivity contribution in [1.82, 2.24) is 10.1 Å². The molecule has 1 atom stereocenters. The van der Waals surface area contributed by atoms with Crippen LogP contribution in [0.1, 0.15) is 33.5 Å². The Morgan fingerprint density at radius 2 is 1.89 bits per heavy atom. The van der Waals surface area contributed by atoms with Crippen molar-refractivity contribution >= 4 is 34.3 Å². The lowest BCUT2D eigenvalue weighted by atomic mass is 9.99. The number of carbonyl (C=O) groups is 1. The average Bonchev–Trinajstić information content (AvgIpc) is 3.24. The van der Waals surface area contributed by atoms with E-state index in [1.807, 2.05) is 0 Å². The summed E-state index contributed by atoms with van der Waals surface area (Å²) < 4.78 is 11.0. The fourth-order valence-corrected chi connectivity index (χ4v) is 3.68. The van der Waals surface area contributed by atoms with Gasteiger partial charge in [0.15, 0.2) is 11.2 Å². The van der Waals surface area contributed by atoms with Crippen LogP contribution in [0.25, 0.3) is 11.0 Å². The number of hydrogen-bond acceptors (Lipinski definition) is 6. The van der Waals surface area contributed by atoms with Crippen LogP contribution in [0.15, 0.2) is 62.5 Å². The van der Waals surface area contributed by atoms with E-state index in [-0.39, 0.29) is 16.8 Å². The highest BCUT2D eigenvalue weighted by atomic mass is 35.5. The van der Waals surface area contributed by atoms with Crippen molar-refractivity contribution in [3.63, 3.8) is 0 Å². The molecule has 1 aliphatic rings. The Bertz CT molecular complexity index is 1300. The number of amides is 1. The summed E-state index contributed by atoms with van der Waals surface area (Å²) in [6, 6.07) is 9.14. The first-order chi connectivity index (χ1) is 13.5. The Morgan fingerprint density at radius 3 is 2.61 bits per heavy atom. The molecule has 0 saturated heterocycles. The largest absolute Gasteiger partial charge is 0.450 e. The molecule has 8 heteroatoms. The number of anilines is 1. The standard InChI is InChI=1S/C20H12ClN3O4/c1-10-8-15(23-28-10)24-17(11-4-6-22-7-5-11)16-18(25)13-9-12(21)2-3-14(13)27-19(16)20(24)26/h2-9,17H,1H3/t17-/m0/s1. The summed E-state index contributed by atoms with van der Waals surface area (Å²) in [5, 5.41) is 4.70. The first kappa shape index (κ1) is 16.7. The quantitative estimate of drug-likeness (QED) is 0.513. The number of benzene rings is 1. The van der Waals surface area contributed by atoms with Crippen LogP contribution in [0.2, 0.25) is 5.02 Å². The normalized spacial score (nSPS) is 16.0. The molecule has 1 amide bonds. The maximum absolute atomic E-state index is 13.3. The van der Waals surface area contributed by atoms with Crippen molar-refractivity contribution in [3.8, 4) is 0 Å². The smallest absolute Gasteiger partial charge is 0.296 e. The summed E-state index contributed by atoms with van der Waals surface area (Å²) in [7, 11) is 0. The minimum absolute atomic E-state index is 0.0118. The van der Waals surface area contributed by atoms with Crippen molar-refractivity contribution < 1.29 is 13.7 Å². The highest BCUT2D eigenvalue weighted by Gasteiger charge is 2.44. The third-order valence-corrected chi connectivity index (χ3v) is 4.95. The lowest BCUT2D eigenvalue weighted by Gasteiger charge is -2.22. The molecule has 4 aromatic rings. The van der Waals surface area contributed by atoms with Crippen molar-refractivity contribution in [2.45, 2.75) is 13.0 Å². The van der Waals surface area contributed by atoms with E-state index in [4.69, 9.17) is 20.5 Å². The van der Waals surface area contributed by atoms with E-state index >= 15 is 0 Å². The number of nitrogens with zero attached hydrogens (tertiary/aromatic N) is 3. The summed E-state index contributed by atoms with van der Waals surface area (Å²) in [5.74, 6) is 0.377.